The summed E-state index contributed by atoms with van der Waals surface area (Å²) in [6.45, 7) is 15.7. The van der Waals surface area contributed by atoms with Crippen molar-refractivity contribution < 1.29 is 9.59 Å². The Labute approximate surface area is 207 Å². The highest BCUT2D eigenvalue weighted by atomic mass is 16.2. The number of hydrogen-bond donors (Lipinski definition) is 2. The van der Waals surface area contributed by atoms with Gasteiger partial charge in [0.1, 0.15) is 0 Å². The van der Waals surface area contributed by atoms with E-state index in [1.165, 1.54) is 43.6 Å². The maximum atomic E-state index is 12.5. The van der Waals surface area contributed by atoms with E-state index >= 15 is 0 Å². The zero-order chi connectivity index (χ0) is 25.1. The molecular weight excluding hydrogens is 424 g/mol. The summed E-state index contributed by atoms with van der Waals surface area (Å²) in [5.41, 5.74) is 7.52. The van der Waals surface area contributed by atoms with Crippen LogP contribution in [0.15, 0.2) is 24.3 Å². The van der Waals surface area contributed by atoms with Crippen LogP contribution in [0.2, 0.25) is 0 Å². The van der Waals surface area contributed by atoms with Crippen molar-refractivity contribution in [2.75, 3.05) is 37.6 Å². The van der Waals surface area contributed by atoms with Crippen molar-refractivity contribution >= 4 is 17.5 Å². The van der Waals surface area contributed by atoms with Crippen LogP contribution in [0, 0.1) is 11.8 Å². The van der Waals surface area contributed by atoms with E-state index in [9.17, 15) is 9.59 Å². The fourth-order valence-corrected chi connectivity index (χ4v) is 4.50. The summed E-state index contributed by atoms with van der Waals surface area (Å²) in [6, 6.07) is 8.99. The number of nitrogens with two attached hydrogens (primary N) is 1. The van der Waals surface area contributed by atoms with Crippen molar-refractivity contribution in [2.45, 2.75) is 85.1 Å². The van der Waals surface area contributed by atoms with Crippen LogP contribution in [0.3, 0.4) is 0 Å². The molecule has 192 valence electrons. The van der Waals surface area contributed by atoms with Crippen molar-refractivity contribution in [3.05, 3.63) is 29.8 Å². The molecule has 0 aromatic heterocycles. The molecule has 1 aliphatic heterocycles. The molecule has 1 saturated heterocycles. The number of carbonyl (C=O) groups excluding carboxylic acids is 2. The molecule has 1 atom stereocenters. The van der Waals surface area contributed by atoms with Gasteiger partial charge in [0.25, 0.3) is 0 Å². The number of hydrogen-bond acceptors (Lipinski definition) is 4. The van der Waals surface area contributed by atoms with Gasteiger partial charge in [-0.05, 0) is 82.7 Å². The summed E-state index contributed by atoms with van der Waals surface area (Å²) in [4.78, 5) is 28.8. The summed E-state index contributed by atoms with van der Waals surface area (Å²) in [7, 11) is 0. The second-order valence-corrected chi connectivity index (χ2v) is 11.2. The van der Waals surface area contributed by atoms with Gasteiger partial charge in [-0.2, -0.15) is 0 Å². The Bertz CT molecular complexity index is 754. The molecule has 1 heterocycles. The number of primary amides is 1. The lowest BCUT2D eigenvalue weighted by molar-refractivity contribution is -0.124. The molecule has 2 rings (SSSR count). The Hall–Kier alpha value is -2.08. The van der Waals surface area contributed by atoms with Gasteiger partial charge in [0.15, 0.2) is 0 Å². The van der Waals surface area contributed by atoms with Gasteiger partial charge in [-0.1, -0.05) is 39.3 Å². The third-order valence-corrected chi connectivity index (χ3v) is 6.80. The third kappa shape index (κ3) is 10.5. The molecule has 2 amide bonds. The number of carbonyl (C=O) groups is 2. The van der Waals surface area contributed by atoms with Crippen LogP contribution in [0.25, 0.3) is 0 Å². The van der Waals surface area contributed by atoms with E-state index in [1.807, 2.05) is 0 Å². The van der Waals surface area contributed by atoms with Crippen LogP contribution in [-0.4, -0.2) is 55.0 Å². The Balaban J connectivity index is 1.97. The van der Waals surface area contributed by atoms with Crippen molar-refractivity contribution in [1.82, 2.24) is 10.2 Å². The summed E-state index contributed by atoms with van der Waals surface area (Å²) >= 11 is 0. The quantitative estimate of drug-likeness (QED) is 0.422. The lowest BCUT2D eigenvalue weighted by atomic mass is 10.0. The van der Waals surface area contributed by atoms with E-state index in [0.29, 0.717) is 18.8 Å². The predicted molar refractivity (Wildman–Crippen MR) is 142 cm³/mol. The van der Waals surface area contributed by atoms with Gasteiger partial charge in [-0.15, -0.1) is 0 Å². The number of amides is 2. The third-order valence-electron chi connectivity index (χ3n) is 6.80. The molecule has 0 bridgehead atoms. The van der Waals surface area contributed by atoms with Crippen LogP contribution in [0.4, 0.5) is 5.69 Å². The fraction of sp³-hybridized carbons (Fsp3) is 0.714. The van der Waals surface area contributed by atoms with Crippen LogP contribution in [-0.2, 0) is 16.0 Å². The molecule has 34 heavy (non-hydrogen) atoms. The Morgan fingerprint density at radius 3 is 2.29 bits per heavy atom. The molecule has 1 aliphatic rings. The summed E-state index contributed by atoms with van der Waals surface area (Å²) in [5, 5.41) is 3.17. The van der Waals surface area contributed by atoms with Gasteiger partial charge in [-0.3, -0.25) is 9.59 Å². The first kappa shape index (κ1) is 28.2. The van der Waals surface area contributed by atoms with E-state index in [2.05, 4.69) is 67.1 Å². The van der Waals surface area contributed by atoms with E-state index < -0.39 is 5.54 Å². The fourth-order valence-electron chi connectivity index (χ4n) is 4.50. The van der Waals surface area contributed by atoms with Gasteiger partial charge in [0, 0.05) is 37.7 Å². The second-order valence-electron chi connectivity index (χ2n) is 11.2. The highest BCUT2D eigenvalue weighted by Gasteiger charge is 2.25. The maximum absolute atomic E-state index is 12.5. The number of nitrogens with one attached hydrogen (secondary N) is 1. The molecule has 0 aliphatic carbocycles. The van der Waals surface area contributed by atoms with Gasteiger partial charge >= 0.3 is 0 Å². The SMILES string of the molecule is CC(C)CCN(CC(C)(C)NC(=O)CCC(C)C(N)=O)c1ccc(CCN2CCCCC2)cc1. The van der Waals surface area contributed by atoms with Gasteiger partial charge < -0.3 is 20.9 Å². The minimum atomic E-state index is -0.392. The van der Waals surface area contributed by atoms with Crippen LogP contribution >= 0.6 is 0 Å². The molecule has 1 aromatic rings. The van der Waals surface area contributed by atoms with E-state index in [-0.39, 0.29) is 17.7 Å². The number of rotatable bonds is 14. The minimum Gasteiger partial charge on any atom is -0.369 e. The average molecular weight is 473 g/mol. The van der Waals surface area contributed by atoms with Crippen molar-refractivity contribution in [3.63, 3.8) is 0 Å². The molecule has 6 nitrogen and oxygen atoms in total. The number of benzene rings is 1. The Kier molecular flexibility index (Phi) is 11.4. The molecule has 1 unspecified atom stereocenters. The number of nitrogens with zero attached hydrogens (tertiary/aromatic N) is 2. The molecule has 1 fully saturated rings. The molecule has 1 aromatic carbocycles. The van der Waals surface area contributed by atoms with Gasteiger partial charge in [-0.25, -0.2) is 0 Å². The van der Waals surface area contributed by atoms with Crippen molar-refractivity contribution in [1.29, 1.82) is 0 Å². The molecule has 3 N–H and O–H groups in total. The average Bonchev–Trinajstić information content (AvgIpc) is 2.79. The zero-order valence-corrected chi connectivity index (χ0v) is 22.2. The van der Waals surface area contributed by atoms with Gasteiger partial charge in [0.2, 0.25) is 11.8 Å². The standard InChI is InChI=1S/C28H48N4O2/c1-22(2)15-20-32(21-28(4,5)30-26(33)14-9-23(3)27(29)34)25-12-10-24(11-13-25)16-19-31-17-7-6-8-18-31/h10-13,22-23H,6-9,14-21H2,1-5H3,(H2,29,34)(H,30,33). The lowest BCUT2D eigenvalue weighted by Gasteiger charge is -2.35. The van der Waals surface area contributed by atoms with E-state index in [4.69, 9.17) is 5.73 Å². The predicted octanol–water partition coefficient (Wildman–Crippen LogP) is 4.36. The molecule has 6 heteroatoms. The van der Waals surface area contributed by atoms with Crippen molar-refractivity contribution in [3.8, 4) is 0 Å². The minimum absolute atomic E-state index is 0.0324. The van der Waals surface area contributed by atoms with Crippen LogP contribution in [0.5, 0.6) is 0 Å². The molecule has 0 saturated carbocycles. The monoisotopic (exact) mass is 472 g/mol. The Morgan fingerprint density at radius 2 is 1.71 bits per heavy atom. The molecule has 0 spiro atoms. The van der Waals surface area contributed by atoms with E-state index in [1.54, 1.807) is 6.92 Å². The summed E-state index contributed by atoms with van der Waals surface area (Å²) in [6.07, 6.45) is 7.02. The normalized spacial score (nSPS) is 15.8. The summed E-state index contributed by atoms with van der Waals surface area (Å²) < 4.78 is 0. The zero-order valence-electron chi connectivity index (χ0n) is 22.2. The number of likely N-dealkylation sites (tertiary alicyclic amines) is 1. The maximum Gasteiger partial charge on any atom is 0.220 e. The van der Waals surface area contributed by atoms with E-state index in [0.717, 1.165) is 32.5 Å². The van der Waals surface area contributed by atoms with Gasteiger partial charge in [0.05, 0.1) is 5.54 Å². The van der Waals surface area contributed by atoms with Crippen molar-refractivity contribution in [2.24, 2.45) is 17.6 Å². The van der Waals surface area contributed by atoms with Crippen LogP contribution in [0.1, 0.15) is 78.7 Å². The second kappa shape index (κ2) is 13.7. The first-order valence-corrected chi connectivity index (χ1v) is 13.2. The first-order chi connectivity index (χ1) is 16.1. The first-order valence-electron chi connectivity index (χ1n) is 13.2. The largest absolute Gasteiger partial charge is 0.369 e. The lowest BCUT2D eigenvalue weighted by Crippen LogP contribution is -2.52. The highest BCUT2D eigenvalue weighted by molar-refractivity contribution is 5.79. The number of piperidine rings is 1. The number of anilines is 1. The molecule has 0 radical (unpaired) electrons. The van der Waals surface area contributed by atoms with Crippen LogP contribution < -0.4 is 16.0 Å². The topological polar surface area (TPSA) is 78.7 Å². The highest BCUT2D eigenvalue weighted by Crippen LogP contribution is 2.21. The smallest absolute Gasteiger partial charge is 0.220 e. The Morgan fingerprint density at radius 1 is 1.06 bits per heavy atom. The summed E-state index contributed by atoms with van der Waals surface area (Å²) in [5.74, 6) is -0.0644. The molecular formula is C28H48N4O2.